The Kier molecular flexibility index (Phi) is 5.27. The van der Waals surface area contributed by atoms with E-state index in [1.54, 1.807) is 39.0 Å². The maximum absolute atomic E-state index is 12.1. The summed E-state index contributed by atoms with van der Waals surface area (Å²) in [6.45, 7) is 5.25. The summed E-state index contributed by atoms with van der Waals surface area (Å²) >= 11 is 0. The first-order valence-corrected chi connectivity index (χ1v) is 9.02. The van der Waals surface area contributed by atoms with Crippen LogP contribution in [0, 0.1) is 0 Å². The van der Waals surface area contributed by atoms with E-state index in [-0.39, 0.29) is 16.0 Å². The summed E-state index contributed by atoms with van der Waals surface area (Å²) in [6.07, 6.45) is 0. The maximum Gasteiger partial charge on any atom is 0.338 e. The quantitative estimate of drug-likeness (QED) is 0.846. The predicted molar refractivity (Wildman–Crippen MR) is 92.7 cm³/mol. The molecule has 0 aromatic heterocycles. The first-order valence-electron chi connectivity index (χ1n) is 7.54. The molecule has 0 fully saturated rings. The van der Waals surface area contributed by atoms with Gasteiger partial charge in [-0.15, -0.1) is 0 Å². The zero-order valence-corrected chi connectivity index (χ0v) is 15.0. The Morgan fingerprint density at radius 1 is 0.880 bits per heavy atom. The third-order valence-electron chi connectivity index (χ3n) is 3.06. The van der Waals surface area contributed by atoms with Gasteiger partial charge in [0.15, 0.2) is 0 Å². The van der Waals surface area contributed by atoms with Gasteiger partial charge < -0.3 is 4.74 Å². The molecule has 2 aromatic carbocycles. The third kappa shape index (κ3) is 5.15. The normalized spacial score (nSPS) is 11.6. The van der Waals surface area contributed by atoms with Gasteiger partial charge >= 0.3 is 5.97 Å². The zero-order chi connectivity index (χ0) is 18.7. The number of hydrogen-bond donors (Lipinski definition) is 1. The molecule has 0 unspecified atom stereocenters. The average molecular weight is 361 g/mol. The van der Waals surface area contributed by atoms with E-state index in [2.05, 4.69) is 0 Å². The monoisotopic (exact) mass is 361 g/mol. The molecule has 1 N–H and O–H groups in total. The fraction of sp³-hybridized carbons (Fsp3) is 0.222. The SMILES string of the molecule is CC(C)(C)OC(=O)c1ccc(C(=O)NS(=O)(=O)c2ccccc2)cc1. The Bertz CT molecular complexity index is 866. The van der Waals surface area contributed by atoms with Crippen molar-refractivity contribution < 1.29 is 22.7 Å². The number of benzene rings is 2. The second-order valence-corrected chi connectivity index (χ2v) is 8.01. The van der Waals surface area contributed by atoms with Gasteiger partial charge in [0, 0.05) is 5.56 Å². The summed E-state index contributed by atoms with van der Waals surface area (Å²) in [5.41, 5.74) is -0.235. The number of ether oxygens (including phenoxy) is 1. The molecular weight excluding hydrogens is 342 g/mol. The number of rotatable bonds is 4. The Labute approximate surface area is 146 Å². The second-order valence-electron chi connectivity index (χ2n) is 6.33. The molecule has 0 saturated carbocycles. The summed E-state index contributed by atoms with van der Waals surface area (Å²) in [4.78, 5) is 24.1. The molecule has 0 atom stereocenters. The van der Waals surface area contributed by atoms with Gasteiger partial charge in [0.1, 0.15) is 5.60 Å². The first kappa shape index (κ1) is 18.7. The van der Waals surface area contributed by atoms with Gasteiger partial charge in [-0.3, -0.25) is 4.79 Å². The summed E-state index contributed by atoms with van der Waals surface area (Å²) in [7, 11) is -3.95. The van der Waals surface area contributed by atoms with Gasteiger partial charge in [0.05, 0.1) is 10.5 Å². The van der Waals surface area contributed by atoms with Crippen LogP contribution in [0.15, 0.2) is 59.5 Å². The van der Waals surface area contributed by atoms with Crippen LogP contribution in [0.4, 0.5) is 0 Å². The highest BCUT2D eigenvalue weighted by molar-refractivity contribution is 7.90. The van der Waals surface area contributed by atoms with Crippen LogP contribution in [0.25, 0.3) is 0 Å². The standard InChI is InChI=1S/C18H19NO5S/c1-18(2,3)24-17(21)14-11-9-13(10-12-14)16(20)19-25(22,23)15-7-5-4-6-8-15/h4-12H,1-3H3,(H,19,20). The summed E-state index contributed by atoms with van der Waals surface area (Å²) < 4.78 is 31.5. The van der Waals surface area contributed by atoms with Gasteiger partial charge in [-0.25, -0.2) is 17.9 Å². The zero-order valence-electron chi connectivity index (χ0n) is 14.1. The van der Waals surface area contributed by atoms with Crippen LogP contribution in [0.3, 0.4) is 0 Å². The van der Waals surface area contributed by atoms with Crippen molar-refractivity contribution in [3.8, 4) is 0 Å². The molecule has 0 spiro atoms. The summed E-state index contributed by atoms with van der Waals surface area (Å²) in [5.74, 6) is -1.30. The molecule has 2 rings (SSSR count). The van der Waals surface area contributed by atoms with E-state index < -0.39 is 27.5 Å². The van der Waals surface area contributed by atoms with E-state index in [1.807, 2.05) is 4.72 Å². The van der Waals surface area contributed by atoms with Crippen molar-refractivity contribution in [3.63, 3.8) is 0 Å². The molecule has 0 aliphatic rings. The van der Waals surface area contributed by atoms with Gasteiger partial charge in [-0.2, -0.15) is 0 Å². The molecule has 0 aliphatic carbocycles. The highest BCUT2D eigenvalue weighted by Gasteiger charge is 2.20. The minimum absolute atomic E-state index is 0.00581. The Balaban J connectivity index is 2.12. The van der Waals surface area contributed by atoms with Crippen molar-refractivity contribution in [1.82, 2.24) is 4.72 Å². The molecule has 1 amide bonds. The Morgan fingerprint density at radius 2 is 1.40 bits per heavy atom. The van der Waals surface area contributed by atoms with Crippen molar-refractivity contribution in [1.29, 1.82) is 0 Å². The minimum atomic E-state index is -3.95. The molecule has 0 saturated heterocycles. The highest BCUT2D eigenvalue weighted by Crippen LogP contribution is 2.14. The molecule has 2 aromatic rings. The Morgan fingerprint density at radius 3 is 1.92 bits per heavy atom. The fourth-order valence-electron chi connectivity index (χ4n) is 1.93. The van der Waals surface area contributed by atoms with Crippen molar-refractivity contribution in [2.45, 2.75) is 31.3 Å². The lowest BCUT2D eigenvalue weighted by Crippen LogP contribution is -2.30. The largest absolute Gasteiger partial charge is 0.456 e. The fourth-order valence-corrected chi connectivity index (χ4v) is 2.93. The highest BCUT2D eigenvalue weighted by atomic mass is 32.2. The maximum atomic E-state index is 12.1. The second kappa shape index (κ2) is 7.06. The van der Waals surface area contributed by atoms with Crippen LogP contribution in [0.2, 0.25) is 0 Å². The number of carbonyl (C=O) groups is 2. The number of nitrogens with one attached hydrogen (secondary N) is 1. The van der Waals surface area contributed by atoms with E-state index in [0.29, 0.717) is 0 Å². The average Bonchev–Trinajstić information content (AvgIpc) is 2.54. The summed E-state index contributed by atoms with van der Waals surface area (Å²) in [5, 5.41) is 0. The smallest absolute Gasteiger partial charge is 0.338 e. The van der Waals surface area contributed by atoms with Gasteiger partial charge in [-0.05, 0) is 57.2 Å². The van der Waals surface area contributed by atoms with Gasteiger partial charge in [-0.1, -0.05) is 18.2 Å². The van der Waals surface area contributed by atoms with E-state index in [4.69, 9.17) is 4.74 Å². The number of esters is 1. The minimum Gasteiger partial charge on any atom is -0.456 e. The number of sulfonamides is 1. The lowest BCUT2D eigenvalue weighted by molar-refractivity contribution is 0.00693. The van der Waals surface area contributed by atoms with Crippen molar-refractivity contribution in [2.24, 2.45) is 0 Å². The predicted octanol–water partition coefficient (Wildman–Crippen LogP) is 2.76. The molecule has 6 nitrogen and oxygen atoms in total. The molecule has 132 valence electrons. The number of hydrogen-bond acceptors (Lipinski definition) is 5. The first-order chi connectivity index (χ1) is 11.6. The molecular formula is C18H19NO5S. The molecule has 0 bridgehead atoms. The third-order valence-corrected chi connectivity index (χ3v) is 4.41. The number of amides is 1. The van der Waals surface area contributed by atoms with Crippen LogP contribution in [0.1, 0.15) is 41.5 Å². The van der Waals surface area contributed by atoms with Crippen LogP contribution < -0.4 is 4.72 Å². The lowest BCUT2D eigenvalue weighted by atomic mass is 10.1. The van der Waals surface area contributed by atoms with Crippen LogP contribution in [0.5, 0.6) is 0 Å². The van der Waals surface area contributed by atoms with E-state index in [1.165, 1.54) is 36.4 Å². The number of carbonyl (C=O) groups excluding carboxylic acids is 2. The van der Waals surface area contributed by atoms with E-state index >= 15 is 0 Å². The van der Waals surface area contributed by atoms with Crippen molar-refractivity contribution in [3.05, 3.63) is 65.7 Å². The van der Waals surface area contributed by atoms with E-state index in [0.717, 1.165) is 0 Å². The molecule has 0 heterocycles. The lowest BCUT2D eigenvalue weighted by Gasteiger charge is -2.19. The van der Waals surface area contributed by atoms with Crippen molar-refractivity contribution in [2.75, 3.05) is 0 Å². The molecule has 0 radical (unpaired) electrons. The Hall–Kier alpha value is -2.67. The van der Waals surface area contributed by atoms with Crippen molar-refractivity contribution >= 4 is 21.9 Å². The van der Waals surface area contributed by atoms with Crippen LogP contribution >= 0.6 is 0 Å². The topological polar surface area (TPSA) is 89.5 Å². The van der Waals surface area contributed by atoms with Gasteiger partial charge in [0.2, 0.25) is 0 Å². The van der Waals surface area contributed by atoms with Crippen LogP contribution in [-0.4, -0.2) is 25.9 Å². The van der Waals surface area contributed by atoms with E-state index in [9.17, 15) is 18.0 Å². The molecule has 0 aliphatic heterocycles. The van der Waals surface area contributed by atoms with Gasteiger partial charge in [0.25, 0.3) is 15.9 Å². The molecule has 25 heavy (non-hydrogen) atoms. The van der Waals surface area contributed by atoms with Crippen LogP contribution in [-0.2, 0) is 14.8 Å². The molecule has 7 heteroatoms. The summed E-state index contributed by atoms with van der Waals surface area (Å²) in [6, 6.07) is 13.2.